The molecule has 0 bridgehead atoms. The molecule has 5 nitrogen and oxygen atoms in total. The molecular weight excluding hydrogens is 350 g/mol. The first-order chi connectivity index (χ1) is 13.7. The molecule has 0 fully saturated rings. The van der Waals surface area contributed by atoms with Crippen molar-refractivity contribution in [1.82, 2.24) is 5.01 Å². The topological polar surface area (TPSA) is 53.9 Å². The number of aryl methyl sites for hydroxylation is 1. The summed E-state index contributed by atoms with van der Waals surface area (Å²) in [6.45, 7) is 4.66. The Morgan fingerprint density at radius 2 is 1.86 bits per heavy atom. The molecule has 0 atom stereocenters. The predicted octanol–water partition coefficient (Wildman–Crippen LogP) is 4.75. The average molecular weight is 377 g/mol. The van der Waals surface area contributed by atoms with Crippen LogP contribution in [0.25, 0.3) is 0 Å². The lowest BCUT2D eigenvalue weighted by molar-refractivity contribution is -0.126. The molecule has 0 aliphatic carbocycles. The van der Waals surface area contributed by atoms with Gasteiger partial charge in [-0.05, 0) is 42.2 Å². The number of carbonyl (C=O) groups is 1. The quantitative estimate of drug-likeness (QED) is 0.675. The zero-order valence-electron chi connectivity index (χ0n) is 16.7. The third kappa shape index (κ3) is 4.42. The molecule has 3 rings (SSSR count). The fourth-order valence-corrected chi connectivity index (χ4v) is 3.20. The number of rotatable bonds is 8. The Hall–Kier alpha value is -3.08. The second-order valence-corrected chi connectivity index (χ2v) is 6.72. The maximum absolute atomic E-state index is 13.0. The molecule has 28 heavy (non-hydrogen) atoms. The Bertz CT molecular complexity index is 885. The largest absolute Gasteiger partial charge is 0.497 e. The highest BCUT2D eigenvalue weighted by Gasteiger charge is 2.29. The van der Waals surface area contributed by atoms with Crippen LogP contribution in [0.2, 0.25) is 0 Å². The highest BCUT2D eigenvalue weighted by atomic mass is 16.5. The van der Waals surface area contributed by atoms with Crippen molar-refractivity contribution in [3.05, 3.63) is 71.4 Å². The second-order valence-electron chi connectivity index (χ2n) is 6.72. The number of para-hydroxylation sites is 1. The number of anilines is 1. The molecule has 0 spiro atoms. The van der Waals surface area contributed by atoms with Crippen molar-refractivity contribution >= 4 is 17.3 Å². The monoisotopic (exact) mass is 377 g/mol. The number of amides is 1. The van der Waals surface area contributed by atoms with Crippen molar-refractivity contribution in [2.45, 2.75) is 39.7 Å². The molecule has 5 heteroatoms. The lowest BCUT2D eigenvalue weighted by Crippen LogP contribution is -2.22. The molecule has 2 aromatic carbocycles. The van der Waals surface area contributed by atoms with Crippen LogP contribution in [-0.2, 0) is 17.8 Å². The third-order valence-corrected chi connectivity index (χ3v) is 4.77. The maximum Gasteiger partial charge on any atom is 0.277 e. The van der Waals surface area contributed by atoms with E-state index in [-0.39, 0.29) is 5.91 Å². The van der Waals surface area contributed by atoms with Gasteiger partial charge in [0.05, 0.1) is 24.9 Å². The summed E-state index contributed by atoms with van der Waals surface area (Å²) in [5, 5.41) is 9.46. The Balaban J connectivity index is 1.79. The minimum Gasteiger partial charge on any atom is -0.497 e. The van der Waals surface area contributed by atoms with E-state index in [4.69, 9.17) is 4.74 Å². The number of hydrogen-bond donors (Lipinski definition) is 1. The smallest absolute Gasteiger partial charge is 0.277 e. The highest BCUT2D eigenvalue weighted by Crippen LogP contribution is 2.23. The van der Waals surface area contributed by atoms with Gasteiger partial charge < -0.3 is 10.1 Å². The normalized spacial score (nSPS) is 15.1. The van der Waals surface area contributed by atoms with E-state index in [1.54, 1.807) is 18.3 Å². The fourth-order valence-electron chi connectivity index (χ4n) is 3.20. The van der Waals surface area contributed by atoms with Crippen LogP contribution in [-0.4, -0.2) is 23.7 Å². The molecule has 1 heterocycles. The predicted molar refractivity (Wildman–Crippen MR) is 113 cm³/mol. The zero-order chi connectivity index (χ0) is 19.9. The second kappa shape index (κ2) is 9.22. The zero-order valence-corrected chi connectivity index (χ0v) is 16.7. The van der Waals surface area contributed by atoms with Gasteiger partial charge >= 0.3 is 0 Å². The van der Waals surface area contributed by atoms with Crippen LogP contribution in [0.4, 0.5) is 5.69 Å². The standard InChI is InChI=1S/C23H27N3O2/c1-4-8-22-20(15-24-21-10-7-6-9-18(21)5-2)23(27)26(25-22)16-17-11-13-19(28-3)14-12-17/h6-7,9-15,24H,4-5,8,16H2,1-3H3/b20-15-. The summed E-state index contributed by atoms with van der Waals surface area (Å²) in [6.07, 6.45) is 4.44. The van der Waals surface area contributed by atoms with E-state index in [9.17, 15) is 4.79 Å². The molecule has 2 aromatic rings. The molecule has 0 saturated carbocycles. The first-order valence-corrected chi connectivity index (χ1v) is 9.73. The minimum atomic E-state index is -0.0688. The molecule has 1 aliphatic rings. The fraction of sp³-hybridized carbons (Fsp3) is 0.304. The lowest BCUT2D eigenvalue weighted by Gasteiger charge is -2.12. The Morgan fingerprint density at radius 3 is 2.54 bits per heavy atom. The van der Waals surface area contributed by atoms with Crippen LogP contribution in [0.5, 0.6) is 5.75 Å². The molecule has 0 saturated heterocycles. The summed E-state index contributed by atoms with van der Waals surface area (Å²) in [5.74, 6) is 0.729. The summed E-state index contributed by atoms with van der Waals surface area (Å²) in [6, 6.07) is 15.8. The van der Waals surface area contributed by atoms with Crippen molar-refractivity contribution in [3.8, 4) is 5.75 Å². The van der Waals surface area contributed by atoms with Gasteiger partial charge in [0.15, 0.2) is 0 Å². The van der Waals surface area contributed by atoms with Crippen LogP contribution in [0.1, 0.15) is 37.8 Å². The maximum atomic E-state index is 13.0. The first-order valence-electron chi connectivity index (χ1n) is 9.73. The summed E-state index contributed by atoms with van der Waals surface area (Å²) >= 11 is 0. The van der Waals surface area contributed by atoms with Gasteiger partial charge in [0.25, 0.3) is 5.91 Å². The van der Waals surface area contributed by atoms with Crippen LogP contribution in [0, 0.1) is 0 Å². The van der Waals surface area contributed by atoms with Gasteiger partial charge in [0, 0.05) is 11.9 Å². The summed E-state index contributed by atoms with van der Waals surface area (Å²) in [4.78, 5) is 13.0. The molecule has 1 aliphatic heterocycles. The summed E-state index contributed by atoms with van der Waals surface area (Å²) in [7, 11) is 1.64. The third-order valence-electron chi connectivity index (χ3n) is 4.77. The number of ether oxygens (including phenoxy) is 1. The SMILES string of the molecule is CCCC1=NN(Cc2ccc(OC)cc2)C(=O)/C1=C\Nc1ccccc1CC. The van der Waals surface area contributed by atoms with Gasteiger partial charge in [-0.15, -0.1) is 0 Å². The number of hydrazone groups is 1. The van der Waals surface area contributed by atoms with Gasteiger partial charge in [-0.25, -0.2) is 5.01 Å². The van der Waals surface area contributed by atoms with Crippen LogP contribution >= 0.6 is 0 Å². The molecule has 1 amide bonds. The van der Waals surface area contributed by atoms with E-state index in [0.29, 0.717) is 12.1 Å². The Labute approximate surface area is 166 Å². The molecule has 0 aromatic heterocycles. The lowest BCUT2D eigenvalue weighted by atomic mass is 10.1. The average Bonchev–Trinajstić information content (AvgIpc) is 3.02. The number of benzene rings is 2. The van der Waals surface area contributed by atoms with Crippen LogP contribution < -0.4 is 10.1 Å². The van der Waals surface area contributed by atoms with Crippen molar-refractivity contribution < 1.29 is 9.53 Å². The highest BCUT2D eigenvalue weighted by molar-refractivity contribution is 6.24. The number of carbonyl (C=O) groups excluding carboxylic acids is 1. The number of hydrogen-bond acceptors (Lipinski definition) is 4. The van der Waals surface area contributed by atoms with Crippen molar-refractivity contribution in [2.24, 2.45) is 5.10 Å². The Morgan fingerprint density at radius 1 is 1.11 bits per heavy atom. The minimum absolute atomic E-state index is 0.0688. The number of nitrogens with zero attached hydrogens (tertiary/aromatic N) is 2. The number of methoxy groups -OCH3 is 1. The molecule has 1 N–H and O–H groups in total. The van der Waals surface area contributed by atoms with E-state index in [1.165, 1.54) is 5.56 Å². The van der Waals surface area contributed by atoms with Gasteiger partial charge in [-0.3, -0.25) is 4.79 Å². The van der Waals surface area contributed by atoms with E-state index >= 15 is 0 Å². The van der Waals surface area contributed by atoms with E-state index < -0.39 is 0 Å². The van der Waals surface area contributed by atoms with Gasteiger partial charge in [-0.1, -0.05) is 50.6 Å². The van der Waals surface area contributed by atoms with Crippen molar-refractivity contribution in [1.29, 1.82) is 0 Å². The number of nitrogens with one attached hydrogen (secondary N) is 1. The van der Waals surface area contributed by atoms with Gasteiger partial charge in [0.1, 0.15) is 5.75 Å². The van der Waals surface area contributed by atoms with E-state index in [0.717, 1.165) is 42.0 Å². The van der Waals surface area contributed by atoms with Gasteiger partial charge in [-0.2, -0.15) is 5.10 Å². The van der Waals surface area contributed by atoms with E-state index in [2.05, 4.69) is 30.3 Å². The molecular formula is C23H27N3O2. The van der Waals surface area contributed by atoms with Crippen molar-refractivity contribution in [3.63, 3.8) is 0 Å². The van der Waals surface area contributed by atoms with E-state index in [1.807, 2.05) is 42.5 Å². The summed E-state index contributed by atoms with van der Waals surface area (Å²) < 4.78 is 5.19. The summed E-state index contributed by atoms with van der Waals surface area (Å²) in [5.41, 5.74) is 4.73. The van der Waals surface area contributed by atoms with Crippen molar-refractivity contribution in [2.75, 3.05) is 12.4 Å². The first kappa shape index (κ1) is 19.7. The van der Waals surface area contributed by atoms with Crippen LogP contribution in [0.15, 0.2) is 65.4 Å². The molecule has 146 valence electrons. The molecule has 0 unspecified atom stereocenters. The van der Waals surface area contributed by atoms with Gasteiger partial charge in [0.2, 0.25) is 0 Å². The van der Waals surface area contributed by atoms with Crippen LogP contribution in [0.3, 0.4) is 0 Å². The Kier molecular flexibility index (Phi) is 6.48. The molecule has 0 radical (unpaired) electrons.